The summed E-state index contributed by atoms with van der Waals surface area (Å²) in [5.74, 6) is 0.920. The highest BCUT2D eigenvalue weighted by Gasteiger charge is 2.26. The molecule has 44 heavy (non-hydrogen) atoms. The molecule has 8 aromatic rings. The van der Waals surface area contributed by atoms with Gasteiger partial charge in [0.1, 0.15) is 60.2 Å². The van der Waals surface area contributed by atoms with Crippen LogP contribution in [0.2, 0.25) is 0 Å². The van der Waals surface area contributed by atoms with Crippen molar-refractivity contribution in [2.24, 2.45) is 0 Å². The van der Waals surface area contributed by atoms with E-state index in [1.807, 2.05) is 0 Å². The van der Waals surface area contributed by atoms with Crippen LogP contribution in [0.15, 0.2) is 111 Å². The van der Waals surface area contributed by atoms with E-state index in [4.69, 9.17) is 0 Å². The molecule has 0 aliphatic heterocycles. The zero-order chi connectivity index (χ0) is 29.6. The molecule has 0 fully saturated rings. The molecule has 0 spiro atoms. The molecular formula is C32H18F2N10. The maximum Gasteiger partial charge on any atom is 0.142 e. The summed E-state index contributed by atoms with van der Waals surface area (Å²) in [4.78, 5) is 37.3. The monoisotopic (exact) mass is 580 g/mol. The van der Waals surface area contributed by atoms with Crippen LogP contribution in [0.25, 0.3) is 32.3 Å². The van der Waals surface area contributed by atoms with Gasteiger partial charge >= 0.3 is 0 Å². The van der Waals surface area contributed by atoms with Crippen LogP contribution in [0.5, 0.6) is 0 Å². The Morgan fingerprint density at radius 1 is 0.409 bits per heavy atom. The van der Waals surface area contributed by atoms with Gasteiger partial charge in [0.05, 0.1) is 11.4 Å². The van der Waals surface area contributed by atoms with Crippen LogP contribution in [0, 0.1) is 11.6 Å². The van der Waals surface area contributed by atoms with Crippen molar-refractivity contribution in [1.82, 2.24) is 39.9 Å². The summed E-state index contributed by atoms with van der Waals surface area (Å²) in [6.07, 6.45) is 12.0. The van der Waals surface area contributed by atoms with Gasteiger partial charge in [0.25, 0.3) is 0 Å². The SMILES string of the molecule is Fc1cc(N(c2ccncn2)c2ccncn2)c2ccc3c(F)cc(N(c4ccncn4)c4ccncn4)c4ccc1c2c34. The summed E-state index contributed by atoms with van der Waals surface area (Å²) >= 11 is 0. The van der Waals surface area contributed by atoms with Gasteiger partial charge in [0.2, 0.25) is 0 Å². The van der Waals surface area contributed by atoms with E-state index in [0.29, 0.717) is 67.0 Å². The Hall–Kier alpha value is -6.30. The topological polar surface area (TPSA) is 110 Å². The van der Waals surface area contributed by atoms with Gasteiger partial charge in [-0.2, -0.15) is 0 Å². The predicted octanol–water partition coefficient (Wildman–Crippen LogP) is 6.96. The summed E-state index contributed by atoms with van der Waals surface area (Å²) in [6.45, 7) is 0. The highest BCUT2D eigenvalue weighted by Crippen LogP contribution is 2.47. The minimum Gasteiger partial charge on any atom is -0.278 e. The molecule has 12 heteroatoms. The molecule has 0 bridgehead atoms. The molecule has 0 aliphatic carbocycles. The molecule has 4 heterocycles. The Morgan fingerprint density at radius 3 is 1.02 bits per heavy atom. The number of hydrogen-bond donors (Lipinski definition) is 0. The summed E-state index contributed by atoms with van der Waals surface area (Å²) in [7, 11) is 0. The zero-order valence-corrected chi connectivity index (χ0v) is 22.6. The van der Waals surface area contributed by atoms with E-state index in [1.54, 1.807) is 83.1 Å². The maximum atomic E-state index is 16.1. The first-order chi connectivity index (χ1) is 21.7. The fourth-order valence-electron chi connectivity index (χ4n) is 5.63. The standard InChI is InChI=1S/C32H18F2N10/c33-23-13-26(44(29-7-11-37-17-41-29)30-8-12-38-18-42-30)22-4-2-20-24(34)14-25(21-3-1-19(23)31(22)32(20)21)43(27-5-9-35-15-39-27)28-6-10-36-16-40-28/h1-18H. The Kier molecular flexibility index (Phi) is 5.89. The van der Waals surface area contributed by atoms with Crippen molar-refractivity contribution in [3.05, 3.63) is 122 Å². The van der Waals surface area contributed by atoms with Crippen LogP contribution >= 0.6 is 0 Å². The van der Waals surface area contributed by atoms with E-state index in [1.165, 1.54) is 37.4 Å². The lowest BCUT2D eigenvalue weighted by molar-refractivity contribution is 0.639. The maximum absolute atomic E-state index is 16.1. The molecule has 0 saturated heterocycles. The van der Waals surface area contributed by atoms with Gasteiger partial charge in [-0.1, -0.05) is 24.3 Å². The zero-order valence-electron chi connectivity index (χ0n) is 22.6. The van der Waals surface area contributed by atoms with Gasteiger partial charge < -0.3 is 0 Å². The molecule has 8 rings (SSSR count). The second kappa shape index (κ2) is 10.2. The molecule has 0 N–H and O–H groups in total. The minimum atomic E-state index is -0.482. The van der Waals surface area contributed by atoms with Crippen molar-refractivity contribution in [3.63, 3.8) is 0 Å². The molecule has 0 unspecified atom stereocenters. The molecule has 10 nitrogen and oxygen atoms in total. The van der Waals surface area contributed by atoms with Gasteiger partial charge in [0, 0.05) is 57.1 Å². The first kappa shape index (κ1) is 25.4. The largest absolute Gasteiger partial charge is 0.278 e. The lowest BCUT2D eigenvalue weighted by atomic mass is 9.91. The second-order valence-corrected chi connectivity index (χ2v) is 9.77. The first-order valence-electron chi connectivity index (χ1n) is 13.4. The van der Waals surface area contributed by atoms with E-state index in [-0.39, 0.29) is 0 Å². The van der Waals surface area contributed by atoms with Crippen molar-refractivity contribution in [2.75, 3.05) is 9.80 Å². The lowest BCUT2D eigenvalue weighted by Gasteiger charge is -2.27. The van der Waals surface area contributed by atoms with Gasteiger partial charge in [0.15, 0.2) is 0 Å². The van der Waals surface area contributed by atoms with E-state index < -0.39 is 11.6 Å². The molecule has 0 atom stereocenters. The highest BCUT2D eigenvalue weighted by atomic mass is 19.1. The van der Waals surface area contributed by atoms with Crippen molar-refractivity contribution in [3.8, 4) is 0 Å². The van der Waals surface area contributed by atoms with Crippen molar-refractivity contribution >= 4 is 67.0 Å². The smallest absolute Gasteiger partial charge is 0.142 e. The summed E-state index contributed by atoms with van der Waals surface area (Å²) < 4.78 is 32.3. The first-order valence-corrected chi connectivity index (χ1v) is 13.4. The lowest BCUT2D eigenvalue weighted by Crippen LogP contribution is -2.15. The summed E-state index contributed by atoms with van der Waals surface area (Å²) in [6, 6.07) is 16.7. The number of nitrogens with zero attached hydrogens (tertiary/aromatic N) is 10. The molecular weight excluding hydrogens is 562 g/mol. The Balaban J connectivity index is 1.47. The Morgan fingerprint density at radius 2 is 0.727 bits per heavy atom. The van der Waals surface area contributed by atoms with Crippen LogP contribution in [0.3, 0.4) is 0 Å². The highest BCUT2D eigenvalue weighted by molar-refractivity contribution is 6.28. The van der Waals surface area contributed by atoms with Crippen LogP contribution in [0.1, 0.15) is 0 Å². The molecule has 0 saturated carbocycles. The number of aromatic nitrogens is 8. The summed E-state index contributed by atoms with van der Waals surface area (Å²) in [5.41, 5.74) is 0.937. The second-order valence-electron chi connectivity index (χ2n) is 9.77. The van der Waals surface area contributed by atoms with Gasteiger partial charge in [-0.3, -0.25) is 9.80 Å². The molecule has 0 aliphatic rings. The number of anilines is 6. The van der Waals surface area contributed by atoms with Gasteiger partial charge in [-0.15, -0.1) is 0 Å². The number of benzene rings is 4. The Bertz CT molecular complexity index is 2020. The molecule has 4 aromatic heterocycles. The van der Waals surface area contributed by atoms with Gasteiger partial charge in [-0.05, 0) is 36.4 Å². The van der Waals surface area contributed by atoms with Crippen LogP contribution in [0.4, 0.5) is 43.4 Å². The summed E-state index contributed by atoms with van der Waals surface area (Å²) in [5, 5.41) is 3.13. The van der Waals surface area contributed by atoms with E-state index >= 15 is 8.78 Å². The minimum absolute atomic E-state index is 0.347. The average Bonchev–Trinajstić information content (AvgIpc) is 3.08. The average molecular weight is 581 g/mol. The predicted molar refractivity (Wildman–Crippen MR) is 162 cm³/mol. The van der Waals surface area contributed by atoms with E-state index in [0.717, 1.165) is 0 Å². The molecule has 4 aromatic carbocycles. The molecule has 0 radical (unpaired) electrons. The van der Waals surface area contributed by atoms with E-state index in [2.05, 4.69) is 39.9 Å². The number of rotatable bonds is 6. The van der Waals surface area contributed by atoms with Crippen LogP contribution in [-0.2, 0) is 0 Å². The van der Waals surface area contributed by atoms with Crippen molar-refractivity contribution < 1.29 is 8.78 Å². The normalized spacial score (nSPS) is 11.4. The number of halogens is 2. The third-order valence-corrected chi connectivity index (χ3v) is 7.42. The third-order valence-electron chi connectivity index (χ3n) is 7.42. The molecule has 210 valence electrons. The molecule has 0 amide bonds. The van der Waals surface area contributed by atoms with Crippen LogP contribution in [-0.4, -0.2) is 39.9 Å². The van der Waals surface area contributed by atoms with E-state index in [9.17, 15) is 0 Å². The quantitative estimate of drug-likeness (QED) is 0.191. The fourth-order valence-corrected chi connectivity index (χ4v) is 5.63. The van der Waals surface area contributed by atoms with Crippen LogP contribution < -0.4 is 9.80 Å². The fraction of sp³-hybridized carbons (Fsp3) is 0. The third kappa shape index (κ3) is 4.00. The Labute approximate surface area is 247 Å². The van der Waals surface area contributed by atoms with Crippen molar-refractivity contribution in [2.45, 2.75) is 0 Å². The van der Waals surface area contributed by atoms with Gasteiger partial charge in [-0.25, -0.2) is 48.7 Å². The number of hydrogen-bond acceptors (Lipinski definition) is 10. The van der Waals surface area contributed by atoms with Crippen molar-refractivity contribution in [1.29, 1.82) is 0 Å².